The van der Waals surface area contributed by atoms with Crippen molar-refractivity contribution >= 4 is 44.7 Å². The Morgan fingerprint density at radius 3 is 2.34 bits per heavy atom. The highest BCUT2D eigenvalue weighted by molar-refractivity contribution is 7.90. The molecule has 14 nitrogen and oxygen atoms in total. The minimum Gasteiger partial charge on any atom is -0.468 e. The Morgan fingerprint density at radius 2 is 1.71 bits per heavy atom. The van der Waals surface area contributed by atoms with Crippen LogP contribution in [0.25, 0.3) is 11.0 Å². The lowest BCUT2D eigenvalue weighted by Crippen LogP contribution is -2.57. The second-order valence-corrected chi connectivity index (χ2v) is 19.4. The Labute approximate surface area is 332 Å². The molecule has 19 heteroatoms. The number of nitrogens with zero attached hydrogens (tertiary/aromatic N) is 3. The van der Waals surface area contributed by atoms with Crippen molar-refractivity contribution in [1.82, 2.24) is 24.9 Å². The second kappa shape index (κ2) is 15.0. The summed E-state index contributed by atoms with van der Waals surface area (Å²) in [5, 5.41) is 1.79. The van der Waals surface area contributed by atoms with E-state index in [9.17, 15) is 36.4 Å². The zero-order valence-corrected chi connectivity index (χ0v) is 33.3. The fourth-order valence-corrected chi connectivity index (χ4v) is 9.64. The zero-order valence-electron chi connectivity index (χ0n) is 32.5. The zero-order chi connectivity index (χ0) is 42.0. The SMILES string of the molecule is CC(C)(C)[C@@H]1NC(=O)O[C@@H]2CCC[C@H]2OC/C=C/C(F)(F)c2nc3ccccc3nc2O[C@]2(C)C[C@@H](C(=O)C[C@]3(C(=O)NS(=O)(=O)C4CC4)C[C@H]3C(F)F)N(C2)C1=O. The van der Waals surface area contributed by atoms with Crippen LogP contribution in [-0.2, 0) is 39.8 Å². The first kappa shape index (κ1) is 41.8. The van der Waals surface area contributed by atoms with Crippen molar-refractivity contribution in [3.8, 4) is 5.88 Å². The number of aromatic nitrogens is 2. The number of fused-ring (bicyclic) bond motifs is 5. The predicted octanol–water partition coefficient (Wildman–Crippen LogP) is 4.95. The van der Waals surface area contributed by atoms with Crippen LogP contribution in [-0.4, -0.2) is 102 Å². The van der Waals surface area contributed by atoms with Gasteiger partial charge in [-0.1, -0.05) is 39.0 Å². The Morgan fingerprint density at radius 1 is 1.03 bits per heavy atom. The van der Waals surface area contributed by atoms with Crippen LogP contribution in [0.5, 0.6) is 5.88 Å². The second-order valence-electron chi connectivity index (χ2n) is 17.4. The van der Waals surface area contributed by atoms with E-state index in [1.54, 1.807) is 32.9 Å². The molecule has 1 aromatic carbocycles. The van der Waals surface area contributed by atoms with E-state index in [-0.39, 0.29) is 24.1 Å². The topological polar surface area (TPSA) is 183 Å². The number of allylic oxidation sites excluding steroid dienone is 1. The summed E-state index contributed by atoms with van der Waals surface area (Å²) >= 11 is 0. The number of hydrogen-bond acceptors (Lipinski definition) is 11. The lowest BCUT2D eigenvalue weighted by Gasteiger charge is -2.36. The minimum absolute atomic E-state index is 0.137. The van der Waals surface area contributed by atoms with E-state index in [1.165, 1.54) is 19.1 Å². The van der Waals surface area contributed by atoms with Gasteiger partial charge in [0.2, 0.25) is 34.1 Å². The van der Waals surface area contributed by atoms with Gasteiger partial charge in [0.1, 0.15) is 17.7 Å². The third-order valence-corrected chi connectivity index (χ3v) is 13.5. The Bertz CT molecular complexity index is 2130. The highest BCUT2D eigenvalue weighted by Gasteiger charge is 2.66. The van der Waals surface area contributed by atoms with Gasteiger partial charge >= 0.3 is 12.0 Å². The number of Topliss-reactive ketones (excluding diaryl/α,β-unsaturated/α-hetero) is 1. The van der Waals surface area contributed by atoms with Crippen LogP contribution in [0.3, 0.4) is 0 Å². The van der Waals surface area contributed by atoms with Gasteiger partial charge in [-0.2, -0.15) is 8.78 Å². The summed E-state index contributed by atoms with van der Waals surface area (Å²) in [4.78, 5) is 65.9. The maximum atomic E-state index is 16.2. The largest absolute Gasteiger partial charge is 0.468 e. The average molecular weight is 838 g/mol. The van der Waals surface area contributed by atoms with Crippen LogP contribution < -0.4 is 14.8 Å². The molecule has 5 aliphatic rings. The van der Waals surface area contributed by atoms with Crippen LogP contribution in [0, 0.1) is 16.7 Å². The van der Waals surface area contributed by atoms with E-state index in [0.717, 1.165) is 11.0 Å². The van der Waals surface area contributed by atoms with Crippen molar-refractivity contribution in [2.24, 2.45) is 16.7 Å². The van der Waals surface area contributed by atoms with E-state index in [1.807, 2.05) is 4.72 Å². The first-order chi connectivity index (χ1) is 27.1. The lowest BCUT2D eigenvalue weighted by atomic mass is 9.85. The van der Waals surface area contributed by atoms with Crippen LogP contribution in [0.4, 0.5) is 22.4 Å². The van der Waals surface area contributed by atoms with Gasteiger partial charge in [0.05, 0.1) is 47.0 Å². The number of halogens is 4. The van der Waals surface area contributed by atoms with Crippen molar-refractivity contribution < 1.29 is 59.4 Å². The molecule has 7 rings (SSSR count). The van der Waals surface area contributed by atoms with Gasteiger partial charge < -0.3 is 24.4 Å². The summed E-state index contributed by atoms with van der Waals surface area (Å²) in [6.45, 7) is 5.75. The van der Waals surface area contributed by atoms with E-state index >= 15 is 8.78 Å². The van der Waals surface area contributed by atoms with Crippen LogP contribution in [0.1, 0.15) is 84.8 Å². The number of carbonyl (C=O) groups excluding carboxylic acids is 4. The highest BCUT2D eigenvalue weighted by Crippen LogP contribution is 2.59. The summed E-state index contributed by atoms with van der Waals surface area (Å²) in [5.41, 5.74) is -5.29. The summed E-state index contributed by atoms with van der Waals surface area (Å²) in [6, 6.07) is 3.41. The molecule has 4 fully saturated rings. The average Bonchev–Trinajstić information content (AvgIpc) is 4.05. The van der Waals surface area contributed by atoms with E-state index in [2.05, 4.69) is 15.3 Å². The monoisotopic (exact) mass is 837 g/mol. The standard InChI is InChI=1S/C39H47F4N5O9S/c1-36(2,3)30-33(50)48-20-37(4,18-25(48)26(49)19-38(17-22(38)31(40)41)34(51)47-58(53,54)21-13-14-21)57-32-29(44-23-9-5-6-10-24(23)45-32)39(42,43)15-8-16-55-27-11-7-12-28(27)56-35(52)46-30/h5-6,8-10,15,21-22,25,27-28,30-31H,7,11-14,16-20H2,1-4H3,(H,46,52)(H,47,51)/b15-8+/t22-,25-,27+,28+,30+,37+,38+/m0/s1. The number of hydrogen-bond donors (Lipinski definition) is 2. The molecular weight excluding hydrogens is 791 g/mol. The van der Waals surface area contributed by atoms with E-state index in [0.29, 0.717) is 38.2 Å². The minimum atomic E-state index is -4.17. The summed E-state index contributed by atoms with van der Waals surface area (Å²) in [6.07, 6.45) is -3.34. The molecule has 2 N–H and O–H groups in total. The van der Waals surface area contributed by atoms with Crippen LogP contribution >= 0.6 is 0 Å². The van der Waals surface area contributed by atoms with Gasteiger partial charge in [-0.3, -0.25) is 19.1 Å². The molecule has 2 aromatic rings. The summed E-state index contributed by atoms with van der Waals surface area (Å²) in [5.74, 6) is -8.92. The molecule has 2 bridgehead atoms. The van der Waals surface area contributed by atoms with Crippen LogP contribution in [0.15, 0.2) is 36.4 Å². The molecular formula is C39H47F4N5O9S. The Balaban J connectivity index is 1.29. The molecule has 1 saturated heterocycles. The highest BCUT2D eigenvalue weighted by atomic mass is 32.2. The van der Waals surface area contributed by atoms with Gasteiger partial charge in [0.15, 0.2) is 11.5 Å². The number of sulfonamides is 1. The number of amides is 3. The number of alkyl halides is 4. The Hall–Kier alpha value is -4.39. The molecule has 3 aliphatic carbocycles. The number of nitrogens with one attached hydrogen (secondary N) is 2. The maximum absolute atomic E-state index is 16.2. The number of ketones is 1. The number of para-hydroxylation sites is 2. The number of carbonyl (C=O) groups is 4. The molecule has 0 radical (unpaired) electrons. The van der Waals surface area contributed by atoms with Gasteiger partial charge in [0.25, 0.3) is 0 Å². The van der Waals surface area contributed by atoms with Gasteiger partial charge in [-0.25, -0.2) is 32.0 Å². The first-order valence-electron chi connectivity index (χ1n) is 19.4. The van der Waals surface area contributed by atoms with Crippen molar-refractivity contribution in [2.75, 3.05) is 13.2 Å². The Kier molecular flexibility index (Phi) is 10.8. The number of benzene rings is 1. The van der Waals surface area contributed by atoms with Crippen molar-refractivity contribution in [2.45, 2.75) is 127 Å². The predicted molar refractivity (Wildman–Crippen MR) is 198 cm³/mol. The molecule has 2 aliphatic heterocycles. The van der Waals surface area contributed by atoms with Crippen LogP contribution in [0.2, 0.25) is 0 Å². The fraction of sp³-hybridized carbons (Fsp3) is 0.641. The van der Waals surface area contributed by atoms with Crippen molar-refractivity contribution in [3.05, 3.63) is 42.1 Å². The smallest absolute Gasteiger partial charge is 0.408 e. The lowest BCUT2D eigenvalue weighted by molar-refractivity contribution is -0.142. The van der Waals surface area contributed by atoms with Crippen molar-refractivity contribution in [1.29, 1.82) is 0 Å². The molecule has 58 heavy (non-hydrogen) atoms. The number of rotatable bonds is 7. The van der Waals surface area contributed by atoms with Gasteiger partial charge in [0, 0.05) is 18.8 Å². The molecule has 1 aromatic heterocycles. The summed E-state index contributed by atoms with van der Waals surface area (Å²) < 4.78 is 106. The normalized spacial score (nSPS) is 32.2. The molecule has 3 amide bonds. The molecule has 3 heterocycles. The first-order valence-corrected chi connectivity index (χ1v) is 21.0. The van der Waals surface area contributed by atoms with E-state index < -0.39 is 129 Å². The maximum Gasteiger partial charge on any atom is 0.408 e. The molecule has 0 spiro atoms. The summed E-state index contributed by atoms with van der Waals surface area (Å²) in [7, 11) is -4.17. The number of ether oxygens (including phenoxy) is 3. The van der Waals surface area contributed by atoms with Gasteiger partial charge in [-0.15, -0.1) is 0 Å². The third kappa shape index (κ3) is 8.38. The molecule has 0 unspecified atom stereocenters. The quantitative estimate of drug-likeness (QED) is 0.285. The van der Waals surface area contributed by atoms with Crippen molar-refractivity contribution in [3.63, 3.8) is 0 Å². The molecule has 316 valence electrons. The molecule has 7 atom stereocenters. The third-order valence-electron chi connectivity index (χ3n) is 11.7. The van der Waals surface area contributed by atoms with Gasteiger partial charge in [-0.05, 0) is 69.1 Å². The fourth-order valence-electron chi connectivity index (χ4n) is 8.26. The van der Waals surface area contributed by atoms with E-state index in [4.69, 9.17) is 14.2 Å². The number of alkyl carbamates (subject to hydrolysis) is 1. The molecule has 3 saturated carbocycles.